The molecule has 5 rings (SSSR count). The maximum atomic E-state index is 12.3. The van der Waals surface area contributed by atoms with Gasteiger partial charge < -0.3 is 15.2 Å². The molecule has 8 heteroatoms. The van der Waals surface area contributed by atoms with Gasteiger partial charge in [-0.3, -0.25) is 9.78 Å². The van der Waals surface area contributed by atoms with Gasteiger partial charge in [0.2, 0.25) is 0 Å². The normalized spacial score (nSPS) is 11.2. The Morgan fingerprint density at radius 3 is 2.84 bits per heavy atom. The van der Waals surface area contributed by atoms with Crippen LogP contribution >= 0.6 is 11.3 Å². The van der Waals surface area contributed by atoms with E-state index in [-0.39, 0.29) is 5.91 Å². The molecule has 1 aromatic carbocycles. The number of benzene rings is 1. The summed E-state index contributed by atoms with van der Waals surface area (Å²) in [5.74, 6) is 0.591. The van der Waals surface area contributed by atoms with Crippen molar-refractivity contribution in [2.45, 2.75) is 6.54 Å². The second kappa shape index (κ2) is 7.81. The molecule has 0 radical (unpaired) electrons. The average Bonchev–Trinajstić information content (AvgIpc) is 3.41. The molecule has 4 heterocycles. The average molecular weight is 429 g/mol. The third kappa shape index (κ3) is 3.51. The first kappa shape index (κ1) is 19.2. The lowest BCUT2D eigenvalue weighted by molar-refractivity contribution is 0.0946. The number of carbonyl (C=O) groups excluding carboxylic acids is 1. The second-order valence-electron chi connectivity index (χ2n) is 7.19. The number of nitrogens with one attached hydrogen (secondary N) is 2. The van der Waals surface area contributed by atoms with Crippen LogP contribution in [-0.2, 0) is 13.6 Å². The SMILES string of the molecule is CNc1nc2cc(-c3cccc(CNC(=O)c4ccccn4)c3)sc2c2c1ncn2C. The zero-order valence-corrected chi connectivity index (χ0v) is 17.9. The molecule has 0 unspecified atom stereocenters. The number of aromatic nitrogens is 4. The lowest BCUT2D eigenvalue weighted by Crippen LogP contribution is -2.23. The monoisotopic (exact) mass is 428 g/mol. The van der Waals surface area contributed by atoms with Gasteiger partial charge in [-0.1, -0.05) is 24.3 Å². The van der Waals surface area contributed by atoms with Crippen LogP contribution in [0.5, 0.6) is 0 Å². The molecular formula is C23H20N6OS. The third-order valence-corrected chi connectivity index (χ3v) is 6.30. The van der Waals surface area contributed by atoms with Crippen LogP contribution < -0.4 is 10.6 Å². The molecule has 0 aliphatic carbocycles. The largest absolute Gasteiger partial charge is 0.371 e. The number of hydrogen-bond donors (Lipinski definition) is 2. The van der Waals surface area contributed by atoms with Gasteiger partial charge in [0, 0.05) is 31.7 Å². The second-order valence-corrected chi connectivity index (χ2v) is 8.24. The molecule has 31 heavy (non-hydrogen) atoms. The topological polar surface area (TPSA) is 84.7 Å². The molecule has 0 aliphatic rings. The number of rotatable bonds is 5. The van der Waals surface area contributed by atoms with E-state index < -0.39 is 0 Å². The number of anilines is 1. The highest BCUT2D eigenvalue weighted by Gasteiger charge is 2.16. The fraction of sp³-hybridized carbons (Fsp3) is 0.130. The van der Waals surface area contributed by atoms with Gasteiger partial charge in [-0.2, -0.15) is 0 Å². The van der Waals surface area contributed by atoms with Gasteiger partial charge in [0.15, 0.2) is 5.82 Å². The first-order chi connectivity index (χ1) is 15.1. The number of thiophene rings is 1. The summed E-state index contributed by atoms with van der Waals surface area (Å²) in [4.78, 5) is 26.8. The smallest absolute Gasteiger partial charge is 0.270 e. The fourth-order valence-electron chi connectivity index (χ4n) is 3.60. The highest BCUT2D eigenvalue weighted by Crippen LogP contribution is 2.38. The predicted molar refractivity (Wildman–Crippen MR) is 124 cm³/mol. The van der Waals surface area contributed by atoms with E-state index in [0.717, 1.165) is 43.1 Å². The number of amides is 1. The molecule has 1 amide bonds. The molecule has 0 saturated carbocycles. The number of imidazole rings is 1. The summed E-state index contributed by atoms with van der Waals surface area (Å²) >= 11 is 1.70. The van der Waals surface area contributed by atoms with Crippen LogP contribution in [0.25, 0.3) is 31.7 Å². The summed E-state index contributed by atoms with van der Waals surface area (Å²) < 4.78 is 3.14. The predicted octanol–water partition coefficient (Wildman–Crippen LogP) is 4.22. The Morgan fingerprint density at radius 2 is 2.03 bits per heavy atom. The Kier molecular flexibility index (Phi) is 4.83. The Hall–Kier alpha value is -3.78. The van der Waals surface area contributed by atoms with Crippen molar-refractivity contribution in [3.63, 3.8) is 0 Å². The zero-order chi connectivity index (χ0) is 21.4. The quantitative estimate of drug-likeness (QED) is 0.438. The minimum absolute atomic E-state index is 0.185. The van der Waals surface area contributed by atoms with Crippen LogP contribution in [0.1, 0.15) is 16.1 Å². The molecule has 0 saturated heterocycles. The molecule has 0 bridgehead atoms. The maximum absolute atomic E-state index is 12.3. The summed E-state index contributed by atoms with van der Waals surface area (Å²) in [5, 5.41) is 6.08. The third-order valence-electron chi connectivity index (χ3n) is 5.12. The number of pyridine rings is 2. The molecule has 0 atom stereocenters. The minimum atomic E-state index is -0.185. The minimum Gasteiger partial charge on any atom is -0.371 e. The molecule has 0 spiro atoms. The maximum Gasteiger partial charge on any atom is 0.270 e. The molecule has 2 N–H and O–H groups in total. The van der Waals surface area contributed by atoms with E-state index in [1.54, 1.807) is 35.7 Å². The zero-order valence-electron chi connectivity index (χ0n) is 17.1. The van der Waals surface area contributed by atoms with Crippen LogP contribution in [0.2, 0.25) is 0 Å². The van der Waals surface area contributed by atoms with E-state index >= 15 is 0 Å². The molecular weight excluding hydrogens is 408 g/mol. The Bertz CT molecular complexity index is 1410. The van der Waals surface area contributed by atoms with Crippen LogP contribution in [-0.4, -0.2) is 32.5 Å². The van der Waals surface area contributed by atoms with Gasteiger partial charge >= 0.3 is 0 Å². The summed E-state index contributed by atoms with van der Waals surface area (Å²) in [5.41, 5.74) is 5.41. The van der Waals surface area contributed by atoms with Gasteiger partial charge in [-0.25, -0.2) is 9.97 Å². The fourth-order valence-corrected chi connectivity index (χ4v) is 4.78. The van der Waals surface area contributed by atoms with Crippen molar-refractivity contribution in [2.24, 2.45) is 7.05 Å². The number of hydrogen-bond acceptors (Lipinski definition) is 6. The van der Waals surface area contributed by atoms with E-state index in [4.69, 9.17) is 4.98 Å². The van der Waals surface area contributed by atoms with Crippen molar-refractivity contribution >= 4 is 44.3 Å². The molecule has 5 aromatic rings. The van der Waals surface area contributed by atoms with Gasteiger partial charge in [0.25, 0.3) is 5.91 Å². The first-order valence-corrected chi connectivity index (χ1v) is 10.7. The van der Waals surface area contributed by atoms with Gasteiger partial charge in [0.05, 0.1) is 22.1 Å². The number of nitrogens with zero attached hydrogens (tertiary/aromatic N) is 4. The lowest BCUT2D eigenvalue weighted by Gasteiger charge is -2.06. The Balaban J connectivity index is 1.46. The summed E-state index contributed by atoms with van der Waals surface area (Å²) in [6.45, 7) is 0.433. The van der Waals surface area contributed by atoms with Crippen molar-refractivity contribution in [2.75, 3.05) is 12.4 Å². The van der Waals surface area contributed by atoms with E-state index in [1.165, 1.54) is 0 Å². The van der Waals surface area contributed by atoms with Crippen molar-refractivity contribution in [1.82, 2.24) is 24.8 Å². The first-order valence-electron chi connectivity index (χ1n) is 9.85. The van der Waals surface area contributed by atoms with E-state index in [2.05, 4.69) is 38.8 Å². The van der Waals surface area contributed by atoms with Crippen LogP contribution in [0.4, 0.5) is 5.82 Å². The van der Waals surface area contributed by atoms with Gasteiger partial charge in [-0.05, 0) is 35.4 Å². The van der Waals surface area contributed by atoms with Crippen LogP contribution in [0.3, 0.4) is 0 Å². The van der Waals surface area contributed by atoms with Crippen molar-refractivity contribution in [1.29, 1.82) is 0 Å². The van der Waals surface area contributed by atoms with Crippen LogP contribution in [0.15, 0.2) is 61.1 Å². The molecule has 154 valence electrons. The number of fused-ring (bicyclic) bond motifs is 3. The number of aryl methyl sites for hydroxylation is 1. The van der Waals surface area contributed by atoms with Crippen LogP contribution in [0, 0.1) is 0 Å². The van der Waals surface area contributed by atoms with E-state index in [0.29, 0.717) is 12.2 Å². The van der Waals surface area contributed by atoms with Gasteiger partial charge in [0.1, 0.15) is 11.2 Å². The van der Waals surface area contributed by atoms with Crippen molar-refractivity contribution in [3.05, 3.63) is 72.3 Å². The van der Waals surface area contributed by atoms with E-state index in [1.807, 2.05) is 37.1 Å². The standard InChI is InChI=1S/C23H20N6OS/c1-24-22-19-20(29(2)13-27-19)21-17(28-22)11-18(31-21)15-7-5-6-14(10-15)12-26-23(30)16-8-3-4-9-25-16/h3-11,13H,12H2,1-2H3,(H,24,28)(H,26,30). The molecule has 0 aliphatic heterocycles. The van der Waals surface area contributed by atoms with Crippen molar-refractivity contribution in [3.8, 4) is 10.4 Å². The highest BCUT2D eigenvalue weighted by molar-refractivity contribution is 7.23. The highest BCUT2D eigenvalue weighted by atomic mass is 32.1. The van der Waals surface area contributed by atoms with Gasteiger partial charge in [-0.15, -0.1) is 11.3 Å². The molecule has 4 aromatic heterocycles. The summed E-state index contributed by atoms with van der Waals surface area (Å²) in [7, 11) is 3.86. The molecule has 0 fully saturated rings. The summed E-state index contributed by atoms with van der Waals surface area (Å²) in [6.07, 6.45) is 3.43. The van der Waals surface area contributed by atoms with E-state index in [9.17, 15) is 4.79 Å². The lowest BCUT2D eigenvalue weighted by atomic mass is 10.1. The van der Waals surface area contributed by atoms with Crippen molar-refractivity contribution < 1.29 is 4.79 Å². The molecule has 7 nitrogen and oxygen atoms in total. The Morgan fingerprint density at radius 1 is 1.13 bits per heavy atom. The number of carbonyl (C=O) groups is 1. The summed E-state index contributed by atoms with van der Waals surface area (Å²) in [6, 6.07) is 15.6. The Labute approximate surface area is 182 Å².